The van der Waals surface area contributed by atoms with Gasteiger partial charge in [-0.15, -0.1) is 11.3 Å². The van der Waals surface area contributed by atoms with Crippen molar-refractivity contribution in [2.24, 2.45) is 0 Å². The molecule has 4 rings (SSSR count). The van der Waals surface area contributed by atoms with Gasteiger partial charge in [0.1, 0.15) is 15.5 Å². The number of hydrogen-bond acceptors (Lipinski definition) is 8. The lowest BCUT2D eigenvalue weighted by Crippen LogP contribution is -2.37. The Balaban J connectivity index is 1.42. The first-order valence-corrected chi connectivity index (χ1v) is 12.0. The minimum Gasteiger partial charge on any atom is -0.462 e. The fourth-order valence-corrected chi connectivity index (χ4v) is 4.93. The quantitative estimate of drug-likeness (QED) is 0.414. The van der Waals surface area contributed by atoms with Gasteiger partial charge in [-0.2, -0.15) is 0 Å². The highest BCUT2D eigenvalue weighted by Crippen LogP contribution is 2.30. The molecule has 2 aromatic heterocycles. The van der Waals surface area contributed by atoms with Crippen LogP contribution >= 0.6 is 11.3 Å². The van der Waals surface area contributed by atoms with E-state index in [1.54, 1.807) is 13.8 Å². The number of thiophene rings is 1. The molecule has 0 aliphatic heterocycles. The molecule has 176 valence electrons. The highest BCUT2D eigenvalue weighted by molar-refractivity contribution is 7.20. The Kier molecular flexibility index (Phi) is 7.54. The van der Waals surface area contributed by atoms with Gasteiger partial charge < -0.3 is 19.6 Å². The second-order valence-corrected chi connectivity index (χ2v) is 9.28. The van der Waals surface area contributed by atoms with E-state index >= 15 is 0 Å². The van der Waals surface area contributed by atoms with Crippen molar-refractivity contribution in [3.63, 3.8) is 0 Å². The number of fused-ring (bicyclic) bond motifs is 1. The van der Waals surface area contributed by atoms with E-state index in [4.69, 9.17) is 9.47 Å². The van der Waals surface area contributed by atoms with Crippen molar-refractivity contribution in [2.75, 3.05) is 19.8 Å². The van der Waals surface area contributed by atoms with Crippen LogP contribution in [-0.4, -0.2) is 57.8 Å². The Hall–Kier alpha value is -2.59. The molecule has 0 saturated heterocycles. The monoisotopic (exact) mass is 471 g/mol. The number of aromatic amines is 1. The molecule has 33 heavy (non-hydrogen) atoms. The summed E-state index contributed by atoms with van der Waals surface area (Å²) in [7, 11) is 0. The summed E-state index contributed by atoms with van der Waals surface area (Å²) in [6, 6.07) is 10.2. The van der Waals surface area contributed by atoms with Crippen molar-refractivity contribution in [3.8, 4) is 0 Å². The molecule has 1 aromatic carbocycles. The highest BCUT2D eigenvalue weighted by Gasteiger charge is 2.31. The molecule has 1 fully saturated rings. The summed E-state index contributed by atoms with van der Waals surface area (Å²) in [5.74, 6) is 0.0886. The summed E-state index contributed by atoms with van der Waals surface area (Å²) in [5.41, 5.74) is 1.40. The molecule has 0 spiro atoms. The van der Waals surface area contributed by atoms with Crippen LogP contribution in [0.2, 0.25) is 0 Å². The van der Waals surface area contributed by atoms with E-state index in [1.807, 2.05) is 30.3 Å². The van der Waals surface area contributed by atoms with Gasteiger partial charge in [0.25, 0.3) is 5.56 Å². The van der Waals surface area contributed by atoms with Crippen LogP contribution in [0.5, 0.6) is 0 Å². The van der Waals surface area contributed by atoms with Gasteiger partial charge in [-0.25, -0.2) is 9.78 Å². The predicted octanol–water partition coefficient (Wildman–Crippen LogP) is 3.01. The molecule has 9 heteroatoms. The second kappa shape index (κ2) is 10.6. The molecule has 1 aliphatic carbocycles. The average molecular weight is 472 g/mol. The molecule has 0 radical (unpaired) electrons. The first-order valence-electron chi connectivity index (χ1n) is 11.2. The number of aliphatic hydroxyl groups is 1. The molecule has 1 saturated carbocycles. The summed E-state index contributed by atoms with van der Waals surface area (Å²) >= 11 is 1.18. The summed E-state index contributed by atoms with van der Waals surface area (Å²) in [5, 5.41) is 11.0. The van der Waals surface area contributed by atoms with E-state index in [9.17, 15) is 14.7 Å². The molecule has 1 aliphatic rings. The van der Waals surface area contributed by atoms with Gasteiger partial charge >= 0.3 is 5.97 Å². The van der Waals surface area contributed by atoms with Crippen molar-refractivity contribution in [1.82, 2.24) is 14.9 Å². The normalized spacial score (nSPS) is 14.7. The SMILES string of the molecule is CCOC(=O)c1sc2nc(CN(C[C@H](O)COCc3ccccc3)C3CC3)[nH]c(=O)c2c1C. The van der Waals surface area contributed by atoms with E-state index in [1.165, 1.54) is 11.3 Å². The fraction of sp³-hybridized carbons (Fsp3) is 0.458. The zero-order valence-corrected chi connectivity index (χ0v) is 19.7. The summed E-state index contributed by atoms with van der Waals surface area (Å²) in [6.07, 6.45) is 1.45. The largest absolute Gasteiger partial charge is 0.462 e. The van der Waals surface area contributed by atoms with E-state index in [-0.39, 0.29) is 18.8 Å². The third kappa shape index (κ3) is 5.86. The lowest BCUT2D eigenvalue weighted by Gasteiger charge is -2.24. The zero-order valence-electron chi connectivity index (χ0n) is 18.9. The number of carbonyl (C=O) groups excluding carboxylic acids is 1. The molecule has 1 atom stereocenters. The van der Waals surface area contributed by atoms with Crippen LogP contribution in [0.25, 0.3) is 10.2 Å². The molecule has 2 heterocycles. The Labute approximate surface area is 196 Å². The van der Waals surface area contributed by atoms with Crippen LogP contribution in [-0.2, 0) is 22.6 Å². The number of aliphatic hydroxyl groups excluding tert-OH is 1. The highest BCUT2D eigenvalue weighted by atomic mass is 32.1. The predicted molar refractivity (Wildman–Crippen MR) is 126 cm³/mol. The van der Waals surface area contributed by atoms with Gasteiger partial charge in [-0.1, -0.05) is 30.3 Å². The van der Waals surface area contributed by atoms with Crippen LogP contribution < -0.4 is 5.56 Å². The lowest BCUT2D eigenvalue weighted by molar-refractivity contribution is 0.00666. The molecule has 0 unspecified atom stereocenters. The molecule has 0 amide bonds. The standard InChI is InChI=1S/C24H29N3O5S/c1-3-32-24(30)21-15(2)20-22(29)25-19(26-23(20)33-21)12-27(17-9-10-17)11-18(28)14-31-13-16-7-5-4-6-8-16/h4-8,17-18,28H,3,9-14H2,1-2H3,(H,25,26,29)/t18-/m0/s1. The number of H-pyrrole nitrogens is 1. The van der Waals surface area contributed by atoms with Crippen molar-refractivity contribution >= 4 is 27.5 Å². The van der Waals surface area contributed by atoms with E-state index in [0.717, 1.165) is 18.4 Å². The van der Waals surface area contributed by atoms with Crippen LogP contribution in [0.4, 0.5) is 0 Å². The van der Waals surface area contributed by atoms with Crippen molar-refractivity contribution in [2.45, 2.75) is 52.0 Å². The molecular weight excluding hydrogens is 442 g/mol. The number of nitrogens with zero attached hydrogens (tertiary/aromatic N) is 2. The number of benzene rings is 1. The number of nitrogens with one attached hydrogen (secondary N) is 1. The number of hydrogen-bond donors (Lipinski definition) is 2. The molecule has 3 aromatic rings. The average Bonchev–Trinajstić information content (AvgIpc) is 3.58. The van der Waals surface area contributed by atoms with E-state index < -0.39 is 12.1 Å². The lowest BCUT2D eigenvalue weighted by atomic mass is 10.2. The Morgan fingerprint density at radius 3 is 2.79 bits per heavy atom. The van der Waals surface area contributed by atoms with Gasteiger partial charge in [-0.3, -0.25) is 9.69 Å². The summed E-state index contributed by atoms with van der Waals surface area (Å²) in [4.78, 5) is 35.5. The van der Waals surface area contributed by atoms with Gasteiger partial charge in [-0.05, 0) is 37.8 Å². The summed E-state index contributed by atoms with van der Waals surface area (Å²) < 4.78 is 10.8. The van der Waals surface area contributed by atoms with Crippen LogP contribution in [0.1, 0.15) is 46.4 Å². The molecule has 8 nitrogen and oxygen atoms in total. The maximum Gasteiger partial charge on any atom is 0.348 e. The Morgan fingerprint density at radius 2 is 2.09 bits per heavy atom. The minimum atomic E-state index is -0.649. The summed E-state index contributed by atoms with van der Waals surface area (Å²) in [6.45, 7) is 5.29. The number of ether oxygens (including phenoxy) is 2. The van der Waals surface area contributed by atoms with E-state index in [0.29, 0.717) is 52.2 Å². The maximum atomic E-state index is 12.8. The number of carbonyl (C=O) groups is 1. The number of aryl methyl sites for hydroxylation is 1. The molecule has 0 bridgehead atoms. The Morgan fingerprint density at radius 1 is 1.33 bits per heavy atom. The smallest absolute Gasteiger partial charge is 0.348 e. The van der Waals surface area contributed by atoms with Crippen LogP contribution in [0.3, 0.4) is 0 Å². The minimum absolute atomic E-state index is 0.230. The molecular formula is C24H29N3O5S. The second-order valence-electron chi connectivity index (χ2n) is 8.28. The van der Waals surface area contributed by atoms with E-state index in [2.05, 4.69) is 14.9 Å². The van der Waals surface area contributed by atoms with Gasteiger partial charge in [0.05, 0.1) is 37.9 Å². The van der Waals surface area contributed by atoms with Crippen LogP contribution in [0.15, 0.2) is 35.1 Å². The first-order chi connectivity index (χ1) is 16.0. The number of rotatable bonds is 11. The Bertz CT molecular complexity index is 1160. The van der Waals surface area contributed by atoms with Gasteiger partial charge in [0.2, 0.25) is 0 Å². The zero-order chi connectivity index (χ0) is 23.4. The van der Waals surface area contributed by atoms with Crippen molar-refractivity contribution in [3.05, 3.63) is 62.5 Å². The fourth-order valence-electron chi connectivity index (χ4n) is 3.84. The van der Waals surface area contributed by atoms with Crippen molar-refractivity contribution in [1.29, 1.82) is 0 Å². The number of aromatic nitrogens is 2. The maximum absolute atomic E-state index is 12.8. The first kappa shape index (κ1) is 23.6. The van der Waals surface area contributed by atoms with Crippen molar-refractivity contribution < 1.29 is 19.4 Å². The molecule has 2 N–H and O–H groups in total. The van der Waals surface area contributed by atoms with Gasteiger partial charge in [0, 0.05) is 12.6 Å². The van der Waals surface area contributed by atoms with Crippen LogP contribution in [0, 0.1) is 6.92 Å². The third-order valence-electron chi connectivity index (χ3n) is 5.59. The third-order valence-corrected chi connectivity index (χ3v) is 6.76. The number of esters is 1. The topological polar surface area (TPSA) is 105 Å². The van der Waals surface area contributed by atoms with Gasteiger partial charge in [0.15, 0.2) is 0 Å².